The third-order valence-corrected chi connectivity index (χ3v) is 3.79. The summed E-state index contributed by atoms with van der Waals surface area (Å²) in [6.45, 7) is 0.940. The molecule has 0 atom stereocenters. The molecule has 24 heavy (non-hydrogen) atoms. The van der Waals surface area contributed by atoms with E-state index in [0.29, 0.717) is 31.5 Å². The first-order valence-corrected chi connectivity index (χ1v) is 7.46. The number of rotatable bonds is 3. The minimum absolute atomic E-state index is 0.0840. The molecule has 3 amide bonds. The van der Waals surface area contributed by atoms with Crippen LogP contribution < -0.4 is 11.1 Å². The molecule has 0 aromatic heterocycles. The Morgan fingerprint density at radius 1 is 1.25 bits per heavy atom. The van der Waals surface area contributed by atoms with E-state index in [2.05, 4.69) is 5.32 Å². The number of amides is 3. The van der Waals surface area contributed by atoms with Gasteiger partial charge in [0.15, 0.2) is 0 Å². The average Bonchev–Trinajstić information content (AvgIpc) is 2.53. The summed E-state index contributed by atoms with van der Waals surface area (Å²) in [5, 5.41) is 2.77. The van der Waals surface area contributed by atoms with Crippen molar-refractivity contribution in [2.75, 3.05) is 13.1 Å². The quantitative estimate of drug-likeness (QED) is 0.828. The summed E-state index contributed by atoms with van der Waals surface area (Å²) in [7, 11) is 0. The number of carbonyl (C=O) groups excluding carboxylic acids is 2. The number of hydrogen-bond donors (Lipinski definition) is 2. The first kappa shape index (κ1) is 17.8. The van der Waals surface area contributed by atoms with E-state index in [9.17, 15) is 22.8 Å². The fourth-order valence-electron chi connectivity index (χ4n) is 2.48. The lowest BCUT2D eigenvalue weighted by Crippen LogP contribution is -2.47. The second-order valence-electron chi connectivity index (χ2n) is 5.56. The minimum Gasteiger partial charge on any atom is -0.351 e. The van der Waals surface area contributed by atoms with E-state index in [1.54, 1.807) is 0 Å². The van der Waals surface area contributed by atoms with Crippen LogP contribution in [0.5, 0.6) is 0 Å². The number of halogens is 3. The predicted molar refractivity (Wildman–Crippen MR) is 82.8 cm³/mol. The molecule has 130 valence electrons. The maximum Gasteiger partial charge on any atom is 0.416 e. The number of carbonyl (C=O) groups is 2. The highest BCUT2D eigenvalue weighted by molar-refractivity contribution is 5.91. The van der Waals surface area contributed by atoms with E-state index in [1.165, 1.54) is 29.2 Å². The Labute approximate surface area is 137 Å². The zero-order chi connectivity index (χ0) is 17.7. The number of benzene rings is 1. The van der Waals surface area contributed by atoms with Gasteiger partial charge in [0, 0.05) is 25.2 Å². The third kappa shape index (κ3) is 5.00. The highest BCUT2D eigenvalue weighted by Crippen LogP contribution is 2.29. The molecule has 0 radical (unpaired) electrons. The Kier molecular flexibility index (Phi) is 5.48. The SMILES string of the molecule is NC(=O)N1CCC(NC(=O)/C=C\c2cccc(C(F)(F)F)c2)CC1. The van der Waals surface area contributed by atoms with Gasteiger partial charge in [-0.2, -0.15) is 13.2 Å². The average molecular weight is 341 g/mol. The van der Waals surface area contributed by atoms with Gasteiger partial charge in [-0.25, -0.2) is 4.79 Å². The van der Waals surface area contributed by atoms with Crippen LogP contribution in [-0.4, -0.2) is 36.0 Å². The van der Waals surface area contributed by atoms with Crippen LogP contribution in [0.2, 0.25) is 0 Å². The maximum absolute atomic E-state index is 12.6. The molecule has 1 aliphatic rings. The standard InChI is InChI=1S/C16H18F3N3O2/c17-16(18,19)12-3-1-2-11(10-12)4-5-14(23)21-13-6-8-22(9-7-13)15(20)24/h1-5,10,13H,6-9H2,(H2,20,24)(H,21,23)/b5-4-. The van der Waals surface area contributed by atoms with Gasteiger partial charge < -0.3 is 16.0 Å². The Morgan fingerprint density at radius 2 is 1.92 bits per heavy atom. The summed E-state index contributed by atoms with van der Waals surface area (Å²) in [5.74, 6) is -0.384. The summed E-state index contributed by atoms with van der Waals surface area (Å²) in [6.07, 6.45) is -0.697. The van der Waals surface area contributed by atoms with Crippen molar-refractivity contribution in [2.24, 2.45) is 5.73 Å². The molecule has 1 aliphatic heterocycles. The maximum atomic E-state index is 12.6. The summed E-state index contributed by atoms with van der Waals surface area (Å²) in [5.41, 5.74) is 4.71. The lowest BCUT2D eigenvalue weighted by molar-refractivity contribution is -0.137. The lowest BCUT2D eigenvalue weighted by atomic mass is 10.1. The second-order valence-corrected chi connectivity index (χ2v) is 5.56. The van der Waals surface area contributed by atoms with E-state index >= 15 is 0 Å². The van der Waals surface area contributed by atoms with E-state index in [-0.39, 0.29) is 11.9 Å². The van der Waals surface area contributed by atoms with Gasteiger partial charge in [0.05, 0.1) is 5.56 Å². The summed E-state index contributed by atoms with van der Waals surface area (Å²) in [4.78, 5) is 24.4. The summed E-state index contributed by atoms with van der Waals surface area (Å²) >= 11 is 0. The van der Waals surface area contributed by atoms with Crippen molar-refractivity contribution in [3.8, 4) is 0 Å². The molecule has 1 aromatic carbocycles. The van der Waals surface area contributed by atoms with Gasteiger partial charge in [0.1, 0.15) is 0 Å². The molecule has 0 bridgehead atoms. The monoisotopic (exact) mass is 341 g/mol. The normalized spacial score (nSPS) is 16.4. The molecule has 1 saturated heterocycles. The molecule has 0 saturated carbocycles. The van der Waals surface area contributed by atoms with E-state index in [4.69, 9.17) is 5.73 Å². The molecule has 1 aromatic rings. The summed E-state index contributed by atoms with van der Waals surface area (Å²) < 4.78 is 37.9. The van der Waals surface area contributed by atoms with Gasteiger partial charge in [-0.1, -0.05) is 12.1 Å². The number of hydrogen-bond acceptors (Lipinski definition) is 2. The van der Waals surface area contributed by atoms with Crippen molar-refractivity contribution >= 4 is 18.0 Å². The van der Waals surface area contributed by atoms with Gasteiger partial charge in [-0.3, -0.25) is 4.79 Å². The van der Waals surface area contributed by atoms with Crippen LogP contribution in [0.4, 0.5) is 18.0 Å². The molecule has 1 fully saturated rings. The van der Waals surface area contributed by atoms with Crippen molar-refractivity contribution in [2.45, 2.75) is 25.1 Å². The molecule has 0 aliphatic carbocycles. The number of urea groups is 1. The number of piperidine rings is 1. The number of alkyl halides is 3. The molecular formula is C16H18F3N3O2. The van der Waals surface area contributed by atoms with E-state index in [0.717, 1.165) is 12.1 Å². The number of likely N-dealkylation sites (tertiary alicyclic amines) is 1. The molecular weight excluding hydrogens is 323 g/mol. The minimum atomic E-state index is -4.42. The van der Waals surface area contributed by atoms with Gasteiger partial charge in [-0.15, -0.1) is 0 Å². The molecule has 2 rings (SSSR count). The molecule has 5 nitrogen and oxygen atoms in total. The number of nitrogens with zero attached hydrogens (tertiary/aromatic N) is 1. The number of nitrogens with one attached hydrogen (secondary N) is 1. The van der Waals surface area contributed by atoms with Crippen LogP contribution >= 0.6 is 0 Å². The first-order valence-electron chi connectivity index (χ1n) is 7.46. The Balaban J connectivity index is 1.89. The zero-order valence-electron chi connectivity index (χ0n) is 12.8. The predicted octanol–water partition coefficient (Wildman–Crippen LogP) is 2.38. The summed E-state index contributed by atoms with van der Waals surface area (Å²) in [6, 6.07) is 4.17. The highest BCUT2D eigenvalue weighted by atomic mass is 19.4. The second kappa shape index (κ2) is 7.37. The number of primary amides is 1. The van der Waals surface area contributed by atoms with Crippen molar-refractivity contribution in [3.63, 3.8) is 0 Å². The van der Waals surface area contributed by atoms with Crippen molar-refractivity contribution in [1.29, 1.82) is 0 Å². The first-order chi connectivity index (χ1) is 11.3. The molecule has 3 N–H and O–H groups in total. The highest BCUT2D eigenvalue weighted by Gasteiger charge is 2.30. The largest absolute Gasteiger partial charge is 0.416 e. The lowest BCUT2D eigenvalue weighted by Gasteiger charge is -2.30. The van der Waals surface area contributed by atoms with Crippen LogP contribution in [0.1, 0.15) is 24.0 Å². The van der Waals surface area contributed by atoms with Crippen molar-refractivity contribution < 1.29 is 22.8 Å². The molecule has 0 spiro atoms. The smallest absolute Gasteiger partial charge is 0.351 e. The van der Waals surface area contributed by atoms with Crippen LogP contribution in [-0.2, 0) is 11.0 Å². The third-order valence-electron chi connectivity index (χ3n) is 3.79. The van der Waals surface area contributed by atoms with Gasteiger partial charge in [0.25, 0.3) is 0 Å². The van der Waals surface area contributed by atoms with E-state index in [1.807, 2.05) is 0 Å². The van der Waals surface area contributed by atoms with Crippen LogP contribution in [0.15, 0.2) is 30.3 Å². The molecule has 8 heteroatoms. The Bertz CT molecular complexity index is 636. The fraction of sp³-hybridized carbons (Fsp3) is 0.375. The van der Waals surface area contributed by atoms with E-state index < -0.39 is 17.8 Å². The van der Waals surface area contributed by atoms with Crippen LogP contribution in [0.25, 0.3) is 6.08 Å². The van der Waals surface area contributed by atoms with Crippen LogP contribution in [0.3, 0.4) is 0 Å². The van der Waals surface area contributed by atoms with Gasteiger partial charge >= 0.3 is 12.2 Å². The molecule has 0 unspecified atom stereocenters. The van der Waals surface area contributed by atoms with Crippen LogP contribution in [0, 0.1) is 0 Å². The Hall–Kier alpha value is -2.51. The fourth-order valence-corrected chi connectivity index (χ4v) is 2.48. The zero-order valence-corrected chi connectivity index (χ0v) is 12.8. The van der Waals surface area contributed by atoms with Gasteiger partial charge in [0.2, 0.25) is 5.91 Å². The Morgan fingerprint density at radius 3 is 2.50 bits per heavy atom. The van der Waals surface area contributed by atoms with Crippen molar-refractivity contribution in [3.05, 3.63) is 41.5 Å². The topological polar surface area (TPSA) is 75.4 Å². The number of nitrogens with two attached hydrogens (primary N) is 1. The van der Waals surface area contributed by atoms with Crippen molar-refractivity contribution in [1.82, 2.24) is 10.2 Å². The van der Waals surface area contributed by atoms with Gasteiger partial charge in [-0.05, 0) is 36.6 Å². The molecule has 1 heterocycles.